The van der Waals surface area contributed by atoms with Crippen molar-refractivity contribution in [2.75, 3.05) is 6.54 Å². The Bertz CT molecular complexity index is 333. The first-order valence-electron chi connectivity index (χ1n) is 6.22. The van der Waals surface area contributed by atoms with Crippen molar-refractivity contribution in [2.24, 2.45) is 5.92 Å². The maximum absolute atomic E-state index is 3.60. The largest absolute Gasteiger partial charge is 0.314 e. The molecule has 0 saturated heterocycles. The molecule has 2 rings (SSSR count). The van der Waals surface area contributed by atoms with Crippen LogP contribution in [0.5, 0.6) is 0 Å². The third-order valence-corrected chi connectivity index (χ3v) is 3.97. The normalized spacial score (nSPS) is 17.4. The van der Waals surface area contributed by atoms with Crippen LogP contribution in [0.2, 0.25) is 0 Å². The summed E-state index contributed by atoms with van der Waals surface area (Å²) >= 11 is 3.60. The van der Waals surface area contributed by atoms with Gasteiger partial charge >= 0.3 is 0 Å². The van der Waals surface area contributed by atoms with Crippen LogP contribution in [0.25, 0.3) is 0 Å². The van der Waals surface area contributed by atoms with E-state index in [1.165, 1.54) is 42.3 Å². The van der Waals surface area contributed by atoms with E-state index >= 15 is 0 Å². The summed E-state index contributed by atoms with van der Waals surface area (Å²) in [4.78, 5) is 0. The highest BCUT2D eigenvalue weighted by Crippen LogP contribution is 2.21. The number of rotatable bonds is 6. The smallest absolute Gasteiger partial charge is 0.0207 e. The quantitative estimate of drug-likeness (QED) is 0.837. The minimum atomic E-state index is 0.771. The Balaban J connectivity index is 1.71. The molecule has 1 nitrogen and oxygen atoms in total. The summed E-state index contributed by atoms with van der Waals surface area (Å²) in [5.41, 5.74) is 1.43. The van der Waals surface area contributed by atoms with Crippen LogP contribution >= 0.6 is 15.9 Å². The van der Waals surface area contributed by atoms with Crippen molar-refractivity contribution in [3.05, 3.63) is 34.3 Å². The predicted molar refractivity (Wildman–Crippen MR) is 72.7 cm³/mol. The zero-order valence-corrected chi connectivity index (χ0v) is 11.5. The van der Waals surface area contributed by atoms with Gasteiger partial charge in [-0.25, -0.2) is 0 Å². The topological polar surface area (TPSA) is 12.0 Å². The third-order valence-electron chi connectivity index (χ3n) is 3.20. The predicted octanol–water partition coefficient (Wildman–Crippen LogP) is 3.77. The Morgan fingerprint density at radius 2 is 2.12 bits per heavy atom. The summed E-state index contributed by atoms with van der Waals surface area (Å²) in [6.45, 7) is 3.52. The molecule has 1 unspecified atom stereocenters. The highest BCUT2D eigenvalue weighted by atomic mass is 79.9. The van der Waals surface area contributed by atoms with E-state index in [1.807, 2.05) is 0 Å². The fourth-order valence-corrected chi connectivity index (χ4v) is 2.34. The molecule has 16 heavy (non-hydrogen) atoms. The summed E-state index contributed by atoms with van der Waals surface area (Å²) in [5.74, 6) is 0.771. The lowest BCUT2D eigenvalue weighted by atomic mass is 10.0. The molecule has 0 amide bonds. The molecule has 1 aliphatic rings. The summed E-state index contributed by atoms with van der Waals surface area (Å²) in [6.07, 6.45) is 5.21. The maximum Gasteiger partial charge on any atom is 0.0207 e. The average Bonchev–Trinajstić information content (AvgIpc) is 3.09. The van der Waals surface area contributed by atoms with Gasteiger partial charge in [0.25, 0.3) is 0 Å². The lowest BCUT2D eigenvalue weighted by Gasteiger charge is -2.12. The van der Waals surface area contributed by atoms with Crippen molar-refractivity contribution in [1.29, 1.82) is 0 Å². The van der Waals surface area contributed by atoms with Gasteiger partial charge in [-0.15, -0.1) is 0 Å². The van der Waals surface area contributed by atoms with Crippen molar-refractivity contribution in [3.8, 4) is 0 Å². The van der Waals surface area contributed by atoms with E-state index in [9.17, 15) is 0 Å². The van der Waals surface area contributed by atoms with E-state index in [0.29, 0.717) is 0 Å². The number of aryl methyl sites for hydroxylation is 1. The molecule has 0 heterocycles. The zero-order chi connectivity index (χ0) is 11.4. The fourth-order valence-electron chi connectivity index (χ4n) is 1.86. The van der Waals surface area contributed by atoms with Crippen molar-refractivity contribution in [3.63, 3.8) is 0 Å². The van der Waals surface area contributed by atoms with Crippen LogP contribution in [0.4, 0.5) is 0 Å². The molecule has 0 bridgehead atoms. The highest BCUT2D eigenvalue weighted by molar-refractivity contribution is 9.10. The molecule has 1 saturated carbocycles. The van der Waals surface area contributed by atoms with Gasteiger partial charge in [0, 0.05) is 10.5 Å². The Labute approximate surface area is 107 Å². The van der Waals surface area contributed by atoms with Gasteiger partial charge in [0.05, 0.1) is 0 Å². The number of hydrogen-bond acceptors (Lipinski definition) is 1. The second-order valence-corrected chi connectivity index (χ2v) is 5.77. The number of benzene rings is 1. The lowest BCUT2D eigenvalue weighted by molar-refractivity contribution is 0.479. The monoisotopic (exact) mass is 281 g/mol. The van der Waals surface area contributed by atoms with Crippen LogP contribution < -0.4 is 5.32 Å². The molecular weight excluding hydrogens is 262 g/mol. The van der Waals surface area contributed by atoms with E-state index in [-0.39, 0.29) is 0 Å². The SMILES string of the molecule is CC(CCc1ccccc1Br)CNC1CC1. The van der Waals surface area contributed by atoms with Crippen LogP contribution in [-0.2, 0) is 6.42 Å². The average molecular weight is 282 g/mol. The fraction of sp³-hybridized carbons (Fsp3) is 0.571. The Hall–Kier alpha value is -0.340. The highest BCUT2D eigenvalue weighted by Gasteiger charge is 2.20. The van der Waals surface area contributed by atoms with Crippen LogP contribution in [0, 0.1) is 5.92 Å². The number of halogens is 1. The molecule has 0 aliphatic heterocycles. The lowest BCUT2D eigenvalue weighted by Crippen LogP contribution is -2.23. The molecular formula is C14H20BrN. The van der Waals surface area contributed by atoms with E-state index in [1.54, 1.807) is 0 Å². The summed E-state index contributed by atoms with van der Waals surface area (Å²) in [6, 6.07) is 9.37. The third kappa shape index (κ3) is 3.91. The first-order chi connectivity index (χ1) is 7.75. The van der Waals surface area contributed by atoms with Crippen LogP contribution in [0.3, 0.4) is 0 Å². The molecule has 1 fully saturated rings. The first kappa shape index (κ1) is 12.1. The molecule has 1 aromatic rings. The Morgan fingerprint density at radius 3 is 2.81 bits per heavy atom. The molecule has 1 atom stereocenters. The molecule has 1 N–H and O–H groups in total. The summed E-state index contributed by atoms with van der Waals surface area (Å²) in [7, 11) is 0. The van der Waals surface area contributed by atoms with Gasteiger partial charge in [0.1, 0.15) is 0 Å². The summed E-state index contributed by atoms with van der Waals surface area (Å²) in [5, 5.41) is 3.60. The van der Waals surface area contributed by atoms with Gasteiger partial charge in [-0.05, 0) is 49.8 Å². The van der Waals surface area contributed by atoms with E-state index in [0.717, 1.165) is 12.0 Å². The van der Waals surface area contributed by atoms with Crippen molar-refractivity contribution in [2.45, 2.75) is 38.6 Å². The maximum atomic E-state index is 3.60. The number of hydrogen-bond donors (Lipinski definition) is 1. The molecule has 88 valence electrons. The molecule has 1 aliphatic carbocycles. The Kier molecular flexibility index (Phi) is 4.42. The zero-order valence-electron chi connectivity index (χ0n) is 9.88. The molecule has 2 heteroatoms. The van der Waals surface area contributed by atoms with Gasteiger partial charge in [-0.3, -0.25) is 0 Å². The van der Waals surface area contributed by atoms with Gasteiger partial charge in [-0.1, -0.05) is 41.1 Å². The molecule has 0 radical (unpaired) electrons. The van der Waals surface area contributed by atoms with E-state index < -0.39 is 0 Å². The second-order valence-electron chi connectivity index (χ2n) is 4.92. The van der Waals surface area contributed by atoms with E-state index in [2.05, 4.69) is 52.4 Å². The molecule has 0 spiro atoms. The minimum absolute atomic E-state index is 0.771. The first-order valence-corrected chi connectivity index (χ1v) is 7.02. The number of nitrogens with one attached hydrogen (secondary N) is 1. The van der Waals surface area contributed by atoms with Crippen LogP contribution in [-0.4, -0.2) is 12.6 Å². The van der Waals surface area contributed by atoms with Crippen molar-refractivity contribution in [1.82, 2.24) is 5.32 Å². The Morgan fingerprint density at radius 1 is 1.38 bits per heavy atom. The van der Waals surface area contributed by atoms with Crippen LogP contribution in [0.15, 0.2) is 28.7 Å². The van der Waals surface area contributed by atoms with Crippen molar-refractivity contribution < 1.29 is 0 Å². The van der Waals surface area contributed by atoms with Crippen molar-refractivity contribution >= 4 is 15.9 Å². The standard InChI is InChI=1S/C14H20BrN/c1-11(10-16-13-8-9-13)6-7-12-4-2-3-5-14(12)15/h2-5,11,13,16H,6-10H2,1H3. The van der Waals surface area contributed by atoms with Gasteiger partial charge < -0.3 is 5.32 Å². The van der Waals surface area contributed by atoms with E-state index in [4.69, 9.17) is 0 Å². The minimum Gasteiger partial charge on any atom is -0.314 e. The van der Waals surface area contributed by atoms with Gasteiger partial charge in [0.15, 0.2) is 0 Å². The van der Waals surface area contributed by atoms with Crippen LogP contribution in [0.1, 0.15) is 31.7 Å². The molecule has 0 aromatic heterocycles. The van der Waals surface area contributed by atoms with Gasteiger partial charge in [-0.2, -0.15) is 0 Å². The second kappa shape index (κ2) is 5.83. The molecule has 1 aromatic carbocycles. The summed E-state index contributed by atoms with van der Waals surface area (Å²) < 4.78 is 1.25. The van der Waals surface area contributed by atoms with Gasteiger partial charge in [0.2, 0.25) is 0 Å².